The molecule has 0 saturated carbocycles. The zero-order valence-corrected chi connectivity index (χ0v) is 13.7. The Bertz CT molecular complexity index is 682. The highest BCUT2D eigenvalue weighted by molar-refractivity contribution is 7.10. The van der Waals surface area contributed by atoms with Crippen molar-refractivity contribution in [2.24, 2.45) is 0 Å². The van der Waals surface area contributed by atoms with Crippen molar-refractivity contribution in [1.29, 1.82) is 0 Å². The van der Waals surface area contributed by atoms with Gasteiger partial charge in [-0.25, -0.2) is 0 Å². The van der Waals surface area contributed by atoms with Gasteiger partial charge in [0.25, 0.3) is 5.91 Å². The molecule has 1 aliphatic heterocycles. The van der Waals surface area contributed by atoms with Crippen LogP contribution in [-0.4, -0.2) is 33.5 Å². The molecule has 1 N–H and O–H groups in total. The van der Waals surface area contributed by atoms with Crippen molar-refractivity contribution in [3.05, 3.63) is 52.5 Å². The molecule has 1 fully saturated rings. The summed E-state index contributed by atoms with van der Waals surface area (Å²) in [5, 5.41) is 11.6. The third-order valence-corrected chi connectivity index (χ3v) is 4.89. The molecule has 1 atom stereocenters. The monoisotopic (exact) mass is 328 g/mol. The van der Waals surface area contributed by atoms with Crippen LogP contribution >= 0.6 is 11.3 Å². The standard InChI is InChI=1S/C18H20N2O2S/c21-16-11-14(12-19-13-16)18(22)20-9-3-1-2-5-15(20)7-8-17-6-4-10-23-17/h4,6-8,10-13,15,21H,1-3,5,9H2/b8-7+. The van der Waals surface area contributed by atoms with E-state index in [1.54, 1.807) is 11.3 Å². The van der Waals surface area contributed by atoms with Gasteiger partial charge in [0.1, 0.15) is 5.75 Å². The molecule has 4 nitrogen and oxygen atoms in total. The van der Waals surface area contributed by atoms with Crippen LogP contribution in [0.4, 0.5) is 0 Å². The van der Waals surface area contributed by atoms with Crippen LogP contribution in [0.5, 0.6) is 5.75 Å². The number of hydrogen-bond donors (Lipinski definition) is 1. The molecule has 3 heterocycles. The lowest BCUT2D eigenvalue weighted by molar-refractivity contribution is 0.0717. The molecule has 1 saturated heterocycles. The van der Waals surface area contributed by atoms with E-state index in [1.807, 2.05) is 16.3 Å². The van der Waals surface area contributed by atoms with Gasteiger partial charge in [-0.15, -0.1) is 11.3 Å². The van der Waals surface area contributed by atoms with Crippen molar-refractivity contribution in [3.63, 3.8) is 0 Å². The molecule has 1 unspecified atom stereocenters. The highest BCUT2D eigenvalue weighted by Crippen LogP contribution is 2.22. The van der Waals surface area contributed by atoms with Crippen molar-refractivity contribution in [1.82, 2.24) is 9.88 Å². The van der Waals surface area contributed by atoms with Crippen molar-refractivity contribution >= 4 is 23.3 Å². The topological polar surface area (TPSA) is 53.4 Å². The van der Waals surface area contributed by atoms with E-state index in [0.29, 0.717) is 5.56 Å². The average molecular weight is 328 g/mol. The van der Waals surface area contributed by atoms with E-state index in [1.165, 1.54) is 23.3 Å². The number of aromatic hydroxyl groups is 1. The van der Waals surface area contributed by atoms with Crippen molar-refractivity contribution in [2.75, 3.05) is 6.54 Å². The van der Waals surface area contributed by atoms with E-state index in [2.05, 4.69) is 23.2 Å². The van der Waals surface area contributed by atoms with E-state index in [9.17, 15) is 9.90 Å². The molecule has 0 bridgehead atoms. The SMILES string of the molecule is O=C(c1cncc(O)c1)N1CCCCCC1/C=C/c1cccs1. The Kier molecular flexibility index (Phi) is 5.08. The average Bonchev–Trinajstić information content (AvgIpc) is 2.97. The molecule has 3 rings (SSSR count). The third kappa shape index (κ3) is 3.99. The number of amides is 1. The highest BCUT2D eigenvalue weighted by Gasteiger charge is 2.25. The number of aromatic nitrogens is 1. The van der Waals surface area contributed by atoms with Gasteiger partial charge in [-0.1, -0.05) is 25.0 Å². The zero-order valence-electron chi connectivity index (χ0n) is 12.9. The minimum absolute atomic E-state index is 0.0244. The Morgan fingerprint density at radius 2 is 2.26 bits per heavy atom. The number of carbonyl (C=O) groups is 1. The summed E-state index contributed by atoms with van der Waals surface area (Å²) >= 11 is 1.69. The Morgan fingerprint density at radius 3 is 3.04 bits per heavy atom. The second-order valence-corrected chi connectivity index (χ2v) is 6.70. The smallest absolute Gasteiger partial charge is 0.256 e. The molecule has 0 aliphatic carbocycles. The van der Waals surface area contributed by atoms with Crippen molar-refractivity contribution in [2.45, 2.75) is 31.7 Å². The summed E-state index contributed by atoms with van der Waals surface area (Å²) in [5.74, 6) is -0.0347. The predicted octanol–water partition coefficient (Wildman–Crippen LogP) is 3.95. The molecule has 1 amide bonds. The van der Waals surface area contributed by atoms with E-state index >= 15 is 0 Å². The number of nitrogens with zero attached hydrogens (tertiary/aromatic N) is 2. The van der Waals surface area contributed by atoms with Crippen LogP contribution in [0, 0.1) is 0 Å². The molecular formula is C18H20N2O2S. The molecule has 1 aliphatic rings. The largest absolute Gasteiger partial charge is 0.506 e. The van der Waals surface area contributed by atoms with E-state index in [-0.39, 0.29) is 17.7 Å². The maximum absolute atomic E-state index is 12.8. The quantitative estimate of drug-likeness (QED) is 0.928. The Hall–Kier alpha value is -2.14. The number of pyridine rings is 1. The van der Waals surface area contributed by atoms with Gasteiger partial charge in [0.05, 0.1) is 17.8 Å². The van der Waals surface area contributed by atoms with Gasteiger partial charge in [0.15, 0.2) is 0 Å². The third-order valence-electron chi connectivity index (χ3n) is 4.06. The minimum Gasteiger partial charge on any atom is -0.506 e. The van der Waals surface area contributed by atoms with Gasteiger partial charge in [-0.05, 0) is 36.4 Å². The summed E-state index contributed by atoms with van der Waals surface area (Å²) in [6, 6.07) is 5.68. The van der Waals surface area contributed by atoms with Crippen molar-refractivity contribution in [3.8, 4) is 5.75 Å². The molecule has 5 heteroatoms. The number of thiophene rings is 1. The lowest BCUT2D eigenvalue weighted by Crippen LogP contribution is -2.39. The van der Waals surface area contributed by atoms with Crippen LogP contribution in [0.25, 0.3) is 6.08 Å². The second kappa shape index (κ2) is 7.42. The summed E-state index contributed by atoms with van der Waals surface area (Å²) in [6.45, 7) is 0.744. The van der Waals surface area contributed by atoms with E-state index in [0.717, 1.165) is 32.2 Å². The summed E-state index contributed by atoms with van der Waals surface area (Å²) in [7, 11) is 0. The lowest BCUT2D eigenvalue weighted by atomic mass is 10.1. The number of hydrogen-bond acceptors (Lipinski definition) is 4. The Labute approximate surface area is 140 Å². The first-order valence-corrected chi connectivity index (χ1v) is 8.79. The fourth-order valence-electron chi connectivity index (χ4n) is 2.89. The first-order chi connectivity index (χ1) is 11.2. The summed E-state index contributed by atoms with van der Waals surface area (Å²) in [5.41, 5.74) is 0.446. The second-order valence-electron chi connectivity index (χ2n) is 5.72. The molecule has 2 aromatic rings. The van der Waals surface area contributed by atoms with Crippen LogP contribution in [-0.2, 0) is 0 Å². The van der Waals surface area contributed by atoms with Gasteiger partial charge in [0, 0.05) is 17.6 Å². The summed E-state index contributed by atoms with van der Waals surface area (Å²) in [6.07, 6.45) is 11.3. The lowest BCUT2D eigenvalue weighted by Gasteiger charge is -2.28. The van der Waals surface area contributed by atoms with Gasteiger partial charge < -0.3 is 10.0 Å². The van der Waals surface area contributed by atoms with Crippen LogP contribution < -0.4 is 0 Å². The summed E-state index contributed by atoms with van der Waals surface area (Å²) < 4.78 is 0. The zero-order chi connectivity index (χ0) is 16.1. The van der Waals surface area contributed by atoms with Gasteiger partial charge in [-0.2, -0.15) is 0 Å². The first kappa shape index (κ1) is 15.7. The maximum atomic E-state index is 12.8. The van der Waals surface area contributed by atoms with Crippen molar-refractivity contribution < 1.29 is 9.90 Å². The highest BCUT2D eigenvalue weighted by atomic mass is 32.1. The molecule has 0 radical (unpaired) electrons. The van der Waals surface area contributed by atoms with E-state index < -0.39 is 0 Å². The fraction of sp³-hybridized carbons (Fsp3) is 0.333. The molecular weight excluding hydrogens is 308 g/mol. The molecule has 120 valence electrons. The number of rotatable bonds is 3. The summed E-state index contributed by atoms with van der Waals surface area (Å²) in [4.78, 5) is 19.8. The Morgan fingerprint density at radius 1 is 1.35 bits per heavy atom. The molecule has 23 heavy (non-hydrogen) atoms. The van der Waals surface area contributed by atoms with Crippen LogP contribution in [0.3, 0.4) is 0 Å². The molecule has 0 aromatic carbocycles. The van der Waals surface area contributed by atoms with Gasteiger partial charge >= 0.3 is 0 Å². The normalized spacial score (nSPS) is 19.0. The number of carbonyl (C=O) groups excluding carboxylic acids is 1. The molecule has 2 aromatic heterocycles. The van der Waals surface area contributed by atoms with Crippen LogP contribution in [0.15, 0.2) is 42.0 Å². The molecule has 0 spiro atoms. The maximum Gasteiger partial charge on any atom is 0.256 e. The minimum atomic E-state index is -0.0591. The van der Waals surface area contributed by atoms with Crippen LogP contribution in [0.1, 0.15) is 40.9 Å². The predicted molar refractivity (Wildman–Crippen MR) is 92.5 cm³/mol. The number of likely N-dealkylation sites (tertiary alicyclic amines) is 1. The fourth-order valence-corrected chi connectivity index (χ4v) is 3.52. The van der Waals surface area contributed by atoms with Crippen LogP contribution in [0.2, 0.25) is 0 Å². The first-order valence-electron chi connectivity index (χ1n) is 7.91. The Balaban J connectivity index is 1.82. The van der Waals surface area contributed by atoms with Gasteiger partial charge in [0.2, 0.25) is 0 Å². The van der Waals surface area contributed by atoms with E-state index in [4.69, 9.17) is 0 Å². The van der Waals surface area contributed by atoms with Gasteiger partial charge in [-0.3, -0.25) is 9.78 Å².